The van der Waals surface area contributed by atoms with Gasteiger partial charge in [-0.2, -0.15) is 0 Å². The van der Waals surface area contributed by atoms with E-state index in [1.165, 1.54) is 0 Å². The van der Waals surface area contributed by atoms with Crippen LogP contribution in [0.1, 0.15) is 87.0 Å². The van der Waals surface area contributed by atoms with E-state index in [0.29, 0.717) is 12.8 Å². The van der Waals surface area contributed by atoms with Gasteiger partial charge >= 0.3 is 0 Å². The van der Waals surface area contributed by atoms with Crippen molar-refractivity contribution >= 4 is 17.3 Å². The van der Waals surface area contributed by atoms with Crippen LogP contribution in [0.4, 0.5) is 0 Å². The molecule has 198 valence electrons. The third-order valence-corrected chi connectivity index (χ3v) is 12.6. The van der Waals surface area contributed by atoms with Crippen molar-refractivity contribution in [2.24, 2.45) is 50.2 Å². The Morgan fingerprint density at radius 2 is 1.53 bits per heavy atom. The fourth-order valence-corrected chi connectivity index (χ4v) is 10.8. The summed E-state index contributed by atoms with van der Waals surface area (Å²) < 4.78 is 6.10. The summed E-state index contributed by atoms with van der Waals surface area (Å²) >= 11 is 0. The summed E-state index contributed by atoms with van der Waals surface area (Å²) in [6, 6.07) is 0. The quantitative estimate of drug-likeness (QED) is 0.523. The normalized spacial score (nSPS) is 54.7. The van der Waals surface area contributed by atoms with Crippen molar-refractivity contribution in [1.29, 1.82) is 0 Å². The molecule has 2 heterocycles. The molecular weight excluding hydrogens is 456 g/mol. The maximum absolute atomic E-state index is 13.9. The van der Waals surface area contributed by atoms with Gasteiger partial charge in [0.05, 0.1) is 17.6 Å². The zero-order valence-electron chi connectivity index (χ0n) is 22.8. The maximum atomic E-state index is 13.9. The van der Waals surface area contributed by atoms with Crippen molar-refractivity contribution in [2.45, 2.75) is 105 Å². The van der Waals surface area contributed by atoms with Crippen molar-refractivity contribution in [1.82, 2.24) is 0 Å². The van der Waals surface area contributed by atoms with Gasteiger partial charge in [-0.25, -0.2) is 0 Å². The van der Waals surface area contributed by atoms with Crippen LogP contribution >= 0.6 is 0 Å². The number of aliphatic hydroxyl groups excluding tert-OH is 2. The number of hydrogen-bond acceptors (Lipinski definition) is 6. The Hall–Kier alpha value is -1.37. The van der Waals surface area contributed by atoms with Crippen LogP contribution in [-0.4, -0.2) is 46.1 Å². The molecule has 36 heavy (non-hydrogen) atoms. The van der Waals surface area contributed by atoms with Crippen LogP contribution in [0.3, 0.4) is 0 Å². The first kappa shape index (κ1) is 24.9. The Kier molecular flexibility index (Phi) is 4.70. The average molecular weight is 499 g/mol. The number of carbonyl (C=O) groups is 3. The van der Waals surface area contributed by atoms with Crippen LogP contribution in [0.25, 0.3) is 0 Å². The first-order valence-electron chi connectivity index (χ1n) is 13.8. The van der Waals surface area contributed by atoms with Crippen molar-refractivity contribution < 1.29 is 29.3 Å². The lowest BCUT2D eigenvalue weighted by Gasteiger charge is -2.73. The molecule has 10 atom stereocenters. The first-order chi connectivity index (χ1) is 16.5. The highest BCUT2D eigenvalue weighted by molar-refractivity contribution is 6.02. The van der Waals surface area contributed by atoms with Crippen molar-refractivity contribution in [3.05, 3.63) is 11.6 Å². The smallest absolute Gasteiger partial charge is 0.168 e. The van der Waals surface area contributed by atoms with Crippen molar-refractivity contribution in [3.63, 3.8) is 0 Å². The monoisotopic (exact) mass is 498 g/mol. The highest BCUT2D eigenvalue weighted by Gasteiger charge is 2.78. The van der Waals surface area contributed by atoms with Crippen LogP contribution in [0.15, 0.2) is 11.6 Å². The number of ketones is 3. The molecule has 0 amide bonds. The highest BCUT2D eigenvalue weighted by Crippen LogP contribution is 2.75. The lowest BCUT2D eigenvalue weighted by atomic mass is 9.33. The maximum Gasteiger partial charge on any atom is 0.168 e. The molecule has 5 aliphatic carbocycles. The average Bonchev–Trinajstić information content (AvgIpc) is 2.74. The molecule has 0 radical (unpaired) electrons. The number of carbonyl (C=O) groups excluding carboxylic acids is 3. The zero-order chi connectivity index (χ0) is 26.4. The minimum atomic E-state index is -1.25. The summed E-state index contributed by atoms with van der Waals surface area (Å²) in [5, 5.41) is 23.2. The molecule has 2 aliphatic heterocycles. The van der Waals surface area contributed by atoms with Gasteiger partial charge < -0.3 is 14.9 Å². The van der Waals surface area contributed by atoms with E-state index in [-0.39, 0.29) is 53.4 Å². The number of aliphatic hydroxyl groups is 2. The van der Waals surface area contributed by atoms with Crippen LogP contribution in [0, 0.1) is 50.2 Å². The van der Waals surface area contributed by atoms with E-state index in [1.807, 2.05) is 20.8 Å². The van der Waals surface area contributed by atoms with E-state index < -0.39 is 45.6 Å². The molecule has 0 aromatic rings. The summed E-state index contributed by atoms with van der Waals surface area (Å²) in [6.45, 7) is 14.4. The molecular formula is C30H42O6. The van der Waals surface area contributed by atoms with E-state index in [9.17, 15) is 24.6 Å². The van der Waals surface area contributed by atoms with Gasteiger partial charge in [-0.3, -0.25) is 14.4 Å². The highest BCUT2D eigenvalue weighted by atomic mass is 16.6. The Labute approximate surface area is 214 Å². The van der Waals surface area contributed by atoms with Crippen LogP contribution in [0.5, 0.6) is 0 Å². The SMILES string of the molecule is CC1(C)C[C@@H]2[C@](C)(CC1=O)C(=O)C=C1[C@]3(C)C[C@H](O)[C@H]4C(C)(C)[C@@H]5CC(=O)[C@@]4([C@H]3CC[C@]12C)[C@@H](O)O5. The fraction of sp³-hybridized carbons (Fsp3) is 0.833. The standard InChI is InChI=1S/C30H42O6/c1-25(2)13-18-27(5)9-8-16-28(6,17(27)10-19(32)29(18,7)14-21(25)34)12-15(31)23-26(3,4)22-11-20(33)30(16,23)24(35)36-22/h10,15-16,18,22-24,31,35H,8-9,11-14H2,1-7H3/t15-,16-,18-,22-,23-,24-,27+,28+,29-,30+/m0/s1. The fourth-order valence-electron chi connectivity index (χ4n) is 10.8. The number of allylic oxidation sites excluding steroid dienone is 2. The van der Waals surface area contributed by atoms with Gasteiger partial charge in [0.2, 0.25) is 0 Å². The topological polar surface area (TPSA) is 101 Å². The lowest BCUT2D eigenvalue weighted by Crippen LogP contribution is -2.77. The van der Waals surface area contributed by atoms with E-state index >= 15 is 0 Å². The molecule has 4 saturated carbocycles. The van der Waals surface area contributed by atoms with E-state index in [1.54, 1.807) is 6.08 Å². The van der Waals surface area contributed by atoms with Crippen LogP contribution in [0.2, 0.25) is 0 Å². The van der Waals surface area contributed by atoms with E-state index in [2.05, 4.69) is 27.7 Å². The Morgan fingerprint density at radius 3 is 2.17 bits per heavy atom. The molecule has 6 heteroatoms. The summed E-state index contributed by atoms with van der Waals surface area (Å²) in [7, 11) is 0. The number of ether oxygens (including phenoxy) is 1. The second-order valence-corrected chi connectivity index (χ2v) is 15.1. The van der Waals surface area contributed by atoms with Gasteiger partial charge in [0.25, 0.3) is 0 Å². The third-order valence-electron chi connectivity index (χ3n) is 12.6. The third kappa shape index (κ3) is 2.53. The van der Waals surface area contributed by atoms with Gasteiger partial charge in [0.1, 0.15) is 11.6 Å². The molecule has 2 bridgehead atoms. The molecule has 6 nitrogen and oxygen atoms in total. The number of Topliss-reactive ketones (excluding diaryl/α,β-unsaturated/α-hetero) is 2. The predicted molar refractivity (Wildman–Crippen MR) is 132 cm³/mol. The van der Waals surface area contributed by atoms with Crippen molar-refractivity contribution in [3.8, 4) is 0 Å². The minimum Gasteiger partial charge on any atom is -0.393 e. The van der Waals surface area contributed by atoms with Gasteiger partial charge in [-0.15, -0.1) is 0 Å². The Morgan fingerprint density at radius 1 is 0.861 bits per heavy atom. The van der Waals surface area contributed by atoms with Gasteiger partial charge in [0.15, 0.2) is 12.1 Å². The van der Waals surface area contributed by atoms with Gasteiger partial charge in [-0.1, -0.05) is 54.0 Å². The Bertz CT molecular complexity index is 1120. The van der Waals surface area contributed by atoms with Crippen LogP contribution < -0.4 is 0 Å². The molecule has 7 aliphatic rings. The molecule has 2 saturated heterocycles. The van der Waals surface area contributed by atoms with E-state index in [4.69, 9.17) is 4.74 Å². The van der Waals surface area contributed by atoms with Crippen LogP contribution in [-0.2, 0) is 19.1 Å². The second-order valence-electron chi connectivity index (χ2n) is 15.1. The predicted octanol–water partition coefficient (Wildman–Crippen LogP) is 4.01. The number of fused-ring (bicyclic) bond motifs is 7. The van der Waals surface area contributed by atoms with Gasteiger partial charge in [-0.05, 0) is 59.8 Å². The lowest BCUT2D eigenvalue weighted by molar-refractivity contribution is -0.354. The Balaban J connectivity index is 1.54. The summed E-state index contributed by atoms with van der Waals surface area (Å²) in [5.74, 6) is -0.459. The number of hydrogen-bond donors (Lipinski definition) is 2. The summed E-state index contributed by atoms with van der Waals surface area (Å²) in [5.41, 5.74) is -2.80. The number of rotatable bonds is 0. The molecule has 1 spiro atoms. The molecule has 7 rings (SSSR count). The molecule has 0 aromatic heterocycles. The zero-order valence-corrected chi connectivity index (χ0v) is 22.8. The minimum absolute atomic E-state index is 0.00406. The summed E-state index contributed by atoms with van der Waals surface area (Å²) in [6.07, 6.45) is 2.47. The van der Waals surface area contributed by atoms with E-state index in [0.717, 1.165) is 18.4 Å². The molecule has 6 fully saturated rings. The molecule has 2 N–H and O–H groups in total. The summed E-state index contributed by atoms with van der Waals surface area (Å²) in [4.78, 5) is 40.7. The molecule has 0 unspecified atom stereocenters. The first-order valence-corrected chi connectivity index (χ1v) is 13.8. The largest absolute Gasteiger partial charge is 0.393 e. The molecule has 0 aromatic carbocycles. The van der Waals surface area contributed by atoms with Crippen molar-refractivity contribution in [2.75, 3.05) is 0 Å². The second kappa shape index (κ2) is 6.79. The van der Waals surface area contributed by atoms with Gasteiger partial charge in [0, 0.05) is 29.6 Å².